The largest absolute Gasteiger partial charge is 0.450 e. The first-order valence-electron chi connectivity index (χ1n) is 9.66. The van der Waals surface area contributed by atoms with Gasteiger partial charge in [0, 0.05) is 31.6 Å². The lowest BCUT2D eigenvalue weighted by Crippen LogP contribution is -2.51. The van der Waals surface area contributed by atoms with E-state index < -0.39 is 0 Å². The van der Waals surface area contributed by atoms with Gasteiger partial charge < -0.3 is 19.9 Å². The van der Waals surface area contributed by atoms with Crippen LogP contribution >= 0.6 is 34.4 Å². The van der Waals surface area contributed by atoms with Crippen LogP contribution in [0.4, 0.5) is 19.9 Å². The van der Waals surface area contributed by atoms with E-state index in [1.807, 2.05) is 6.92 Å². The third-order valence-electron chi connectivity index (χ3n) is 4.12. The molecule has 1 aliphatic rings. The van der Waals surface area contributed by atoms with Crippen molar-refractivity contribution in [3.63, 3.8) is 0 Å². The molecule has 168 valence electrons. The Morgan fingerprint density at radius 1 is 1.10 bits per heavy atom. The minimum absolute atomic E-state index is 0.0699. The number of carbonyl (C=O) groups is 3. The van der Waals surface area contributed by atoms with Gasteiger partial charge in [0.1, 0.15) is 0 Å². The normalized spacial score (nSPS) is 13.7. The Labute approximate surface area is 191 Å². The summed E-state index contributed by atoms with van der Waals surface area (Å²) in [4.78, 5) is 43.9. The number of thioether (sulfide) groups is 1. The van der Waals surface area contributed by atoms with Crippen LogP contribution in [-0.2, 0) is 16.0 Å². The van der Waals surface area contributed by atoms with Crippen LogP contribution in [-0.4, -0.2) is 81.6 Å². The number of nitrogens with one attached hydrogen (secondary N) is 2. The summed E-state index contributed by atoms with van der Waals surface area (Å²) in [5, 5.41) is 16.0. The van der Waals surface area contributed by atoms with Gasteiger partial charge in [0.15, 0.2) is 9.47 Å². The number of piperazine rings is 1. The molecule has 14 heteroatoms. The number of nitrogens with zero attached hydrogens (tertiary/aromatic N) is 5. The Morgan fingerprint density at radius 2 is 1.84 bits per heavy atom. The van der Waals surface area contributed by atoms with Crippen LogP contribution in [0, 0.1) is 0 Å². The van der Waals surface area contributed by atoms with Crippen molar-refractivity contribution in [3.05, 3.63) is 11.1 Å². The van der Waals surface area contributed by atoms with Gasteiger partial charge in [0.2, 0.25) is 11.0 Å². The fourth-order valence-electron chi connectivity index (χ4n) is 2.69. The smallest absolute Gasteiger partial charge is 0.409 e. The van der Waals surface area contributed by atoms with E-state index in [1.54, 1.807) is 33.9 Å². The molecule has 0 aliphatic carbocycles. The molecule has 0 bridgehead atoms. The molecule has 0 aromatic carbocycles. The fourth-order valence-corrected chi connectivity index (χ4v) is 5.06. The van der Waals surface area contributed by atoms with Crippen molar-refractivity contribution >= 4 is 62.7 Å². The highest BCUT2D eigenvalue weighted by Crippen LogP contribution is 2.25. The molecular weight excluding hydrogens is 462 g/mol. The minimum atomic E-state index is -0.362. The molecule has 0 spiro atoms. The molecule has 2 N–H and O–H groups in total. The Morgan fingerprint density at radius 3 is 2.55 bits per heavy atom. The molecule has 0 saturated carbocycles. The quantitative estimate of drug-likeness (QED) is 0.452. The van der Waals surface area contributed by atoms with Gasteiger partial charge in [-0.1, -0.05) is 30.0 Å². The first kappa shape index (κ1) is 23.2. The molecule has 0 unspecified atom stereocenters. The molecule has 1 saturated heterocycles. The summed E-state index contributed by atoms with van der Waals surface area (Å²) in [5.41, 5.74) is 0.553. The van der Waals surface area contributed by atoms with E-state index in [4.69, 9.17) is 4.74 Å². The van der Waals surface area contributed by atoms with Crippen molar-refractivity contribution in [2.45, 2.75) is 24.6 Å². The predicted octanol–water partition coefficient (Wildman–Crippen LogP) is 2.59. The SMILES string of the molecule is CCOC(=O)N1CCN(C(=O)Nc2nc(CC(=O)Nc3nnc(SCC)s3)cs2)CC1. The number of rotatable bonds is 7. The van der Waals surface area contributed by atoms with Crippen LogP contribution in [0.1, 0.15) is 19.5 Å². The van der Waals surface area contributed by atoms with Crippen molar-refractivity contribution in [1.82, 2.24) is 25.0 Å². The zero-order valence-electron chi connectivity index (χ0n) is 17.1. The first-order valence-corrected chi connectivity index (χ1v) is 12.3. The zero-order valence-corrected chi connectivity index (χ0v) is 19.6. The van der Waals surface area contributed by atoms with Crippen LogP contribution in [0.25, 0.3) is 0 Å². The second-order valence-corrected chi connectivity index (χ2v) is 9.63. The number of hydrogen-bond acceptors (Lipinski definition) is 10. The third-order valence-corrected chi connectivity index (χ3v) is 6.78. The number of aromatic nitrogens is 3. The van der Waals surface area contributed by atoms with Crippen LogP contribution < -0.4 is 10.6 Å². The van der Waals surface area contributed by atoms with Gasteiger partial charge >= 0.3 is 12.1 Å². The highest BCUT2D eigenvalue weighted by Gasteiger charge is 2.25. The molecule has 3 heterocycles. The molecule has 31 heavy (non-hydrogen) atoms. The van der Waals surface area contributed by atoms with Crippen molar-refractivity contribution in [2.75, 3.05) is 49.2 Å². The average Bonchev–Trinajstić information content (AvgIpc) is 3.37. The van der Waals surface area contributed by atoms with Gasteiger partial charge in [-0.2, -0.15) is 0 Å². The number of urea groups is 1. The standard InChI is InChI=1S/C17H23N7O4S3/c1-3-28-17(27)24-7-5-23(6-8-24)15(26)20-13-18-11(10-30-13)9-12(25)19-14-21-22-16(31-14)29-4-2/h10H,3-9H2,1-2H3,(H,18,20,26)(H,19,21,25). The fraction of sp³-hybridized carbons (Fsp3) is 0.529. The van der Waals surface area contributed by atoms with Crippen molar-refractivity contribution in [3.8, 4) is 0 Å². The number of anilines is 2. The van der Waals surface area contributed by atoms with Crippen LogP contribution in [0.2, 0.25) is 0 Å². The lowest BCUT2D eigenvalue weighted by atomic mass is 10.3. The summed E-state index contributed by atoms with van der Waals surface area (Å²) in [7, 11) is 0. The van der Waals surface area contributed by atoms with E-state index in [2.05, 4.69) is 25.8 Å². The van der Waals surface area contributed by atoms with Gasteiger partial charge in [-0.15, -0.1) is 21.5 Å². The molecular formula is C17H23N7O4S3. The van der Waals surface area contributed by atoms with Crippen LogP contribution in [0.15, 0.2) is 9.72 Å². The van der Waals surface area contributed by atoms with Crippen LogP contribution in [0.3, 0.4) is 0 Å². The summed E-state index contributed by atoms with van der Waals surface area (Å²) < 4.78 is 5.78. The molecule has 11 nitrogen and oxygen atoms in total. The minimum Gasteiger partial charge on any atom is -0.450 e. The summed E-state index contributed by atoms with van der Waals surface area (Å²) in [6.07, 6.45) is -0.292. The highest BCUT2D eigenvalue weighted by molar-refractivity contribution is 8.01. The van der Waals surface area contributed by atoms with Gasteiger partial charge in [-0.25, -0.2) is 14.6 Å². The Hall–Kier alpha value is -2.45. The third kappa shape index (κ3) is 6.77. The maximum atomic E-state index is 12.4. The number of thiazole rings is 1. The number of ether oxygens (including phenoxy) is 1. The highest BCUT2D eigenvalue weighted by atomic mass is 32.2. The molecule has 4 amide bonds. The Kier molecular flexibility index (Phi) is 8.43. The maximum absolute atomic E-state index is 12.4. The van der Waals surface area contributed by atoms with E-state index in [9.17, 15) is 14.4 Å². The number of amides is 4. The molecule has 1 fully saturated rings. The van der Waals surface area contributed by atoms with E-state index in [-0.39, 0.29) is 24.5 Å². The number of carbonyl (C=O) groups excluding carboxylic acids is 3. The second-order valence-electron chi connectivity index (χ2n) is 6.28. The van der Waals surface area contributed by atoms with E-state index in [0.29, 0.717) is 48.7 Å². The summed E-state index contributed by atoms with van der Waals surface area (Å²) in [6.45, 7) is 5.75. The molecule has 2 aromatic rings. The van der Waals surface area contributed by atoms with Crippen molar-refractivity contribution < 1.29 is 19.1 Å². The van der Waals surface area contributed by atoms with E-state index in [0.717, 1.165) is 10.1 Å². The predicted molar refractivity (Wildman–Crippen MR) is 120 cm³/mol. The average molecular weight is 486 g/mol. The zero-order chi connectivity index (χ0) is 22.2. The molecule has 1 aliphatic heterocycles. The lowest BCUT2D eigenvalue weighted by molar-refractivity contribution is -0.115. The monoisotopic (exact) mass is 485 g/mol. The topological polar surface area (TPSA) is 130 Å². The summed E-state index contributed by atoms with van der Waals surface area (Å²) in [6, 6.07) is -0.288. The lowest BCUT2D eigenvalue weighted by Gasteiger charge is -2.33. The van der Waals surface area contributed by atoms with Gasteiger partial charge in [0.05, 0.1) is 18.7 Å². The van der Waals surface area contributed by atoms with Gasteiger partial charge in [0.25, 0.3) is 0 Å². The van der Waals surface area contributed by atoms with E-state index in [1.165, 1.54) is 22.7 Å². The molecule has 2 aromatic heterocycles. The molecule has 3 rings (SSSR count). The van der Waals surface area contributed by atoms with Gasteiger partial charge in [-0.3, -0.25) is 10.1 Å². The maximum Gasteiger partial charge on any atom is 0.409 e. The molecule has 0 radical (unpaired) electrons. The van der Waals surface area contributed by atoms with Crippen molar-refractivity contribution in [1.29, 1.82) is 0 Å². The van der Waals surface area contributed by atoms with Crippen LogP contribution in [0.5, 0.6) is 0 Å². The molecule has 0 atom stereocenters. The van der Waals surface area contributed by atoms with Gasteiger partial charge in [-0.05, 0) is 12.7 Å². The summed E-state index contributed by atoms with van der Waals surface area (Å²) >= 11 is 4.14. The number of hydrogen-bond donors (Lipinski definition) is 2. The van der Waals surface area contributed by atoms with E-state index >= 15 is 0 Å². The van der Waals surface area contributed by atoms with Crippen molar-refractivity contribution in [2.24, 2.45) is 0 Å². The first-order chi connectivity index (χ1) is 15.0. The Bertz CT molecular complexity index is 911. The Balaban J connectivity index is 1.44. The second kappa shape index (κ2) is 11.2. The summed E-state index contributed by atoms with van der Waals surface area (Å²) in [5.74, 6) is 0.638.